The molecule has 1 atom stereocenters. The predicted octanol–water partition coefficient (Wildman–Crippen LogP) is 3.90. The number of likely N-dealkylation sites (tertiary alicyclic amines) is 1. The molecule has 1 aliphatic heterocycles. The molecule has 0 aliphatic carbocycles. The highest BCUT2D eigenvalue weighted by atomic mass is 32.1. The van der Waals surface area contributed by atoms with Crippen molar-refractivity contribution in [3.63, 3.8) is 0 Å². The van der Waals surface area contributed by atoms with Crippen LogP contribution in [-0.2, 0) is 6.18 Å². The number of nitrogens with zero attached hydrogens (tertiary/aromatic N) is 5. The van der Waals surface area contributed by atoms with Crippen molar-refractivity contribution in [2.45, 2.75) is 51.7 Å². The number of nitrogens with one attached hydrogen (secondary N) is 1. The van der Waals surface area contributed by atoms with E-state index in [2.05, 4.69) is 65.1 Å². The monoisotopic (exact) mass is 415 g/mol. The van der Waals surface area contributed by atoms with Crippen LogP contribution < -0.4 is 11.1 Å². The summed E-state index contributed by atoms with van der Waals surface area (Å²) in [5, 5.41) is 8.32. The number of aromatic nitrogens is 4. The first-order valence-electron chi connectivity index (χ1n) is 8.86. The number of rotatable bonds is 3. The van der Waals surface area contributed by atoms with E-state index in [1.54, 1.807) is 6.07 Å². The number of halogens is 3. The van der Waals surface area contributed by atoms with Gasteiger partial charge in [0.2, 0.25) is 16.1 Å². The first-order chi connectivity index (χ1) is 12.8. The Bertz CT molecular complexity index is 863. The molecule has 1 fully saturated rings. The summed E-state index contributed by atoms with van der Waals surface area (Å²) in [6, 6.07) is 1.74. The summed E-state index contributed by atoms with van der Waals surface area (Å²) in [6.07, 6.45) is -3.65. The largest absolute Gasteiger partial charge is 0.445 e. The first-order valence-corrected chi connectivity index (χ1v) is 9.67. The smallest absolute Gasteiger partial charge is 0.384 e. The van der Waals surface area contributed by atoms with Gasteiger partial charge in [-0.2, -0.15) is 18.2 Å². The lowest BCUT2D eigenvalue weighted by molar-refractivity contribution is -0.138. The van der Waals surface area contributed by atoms with Crippen molar-refractivity contribution in [2.75, 3.05) is 24.6 Å². The molecule has 0 bridgehead atoms. The van der Waals surface area contributed by atoms with Gasteiger partial charge in [-0.05, 0) is 39.3 Å². The summed E-state index contributed by atoms with van der Waals surface area (Å²) >= 11 is 0.396. The van der Waals surface area contributed by atoms with Crippen LogP contribution in [0.5, 0.6) is 0 Å². The van der Waals surface area contributed by atoms with Crippen molar-refractivity contribution in [2.24, 2.45) is 5.41 Å². The van der Waals surface area contributed by atoms with Crippen LogP contribution in [0.2, 0.25) is 0 Å². The number of nitrogens with two attached hydrogens (primary N) is 1. The summed E-state index contributed by atoms with van der Waals surface area (Å²) < 4.78 is 38.2. The number of alkyl halides is 3. The number of nitrogen functional groups attached to an aromatic ring is 1. The minimum atomic E-state index is -4.54. The average Bonchev–Trinajstić information content (AvgIpc) is 3.01. The van der Waals surface area contributed by atoms with Crippen molar-refractivity contribution in [1.29, 1.82) is 0 Å². The number of hydrogen-bond donors (Lipinski definition) is 2. The van der Waals surface area contributed by atoms with Crippen LogP contribution in [0, 0.1) is 5.41 Å². The summed E-state index contributed by atoms with van der Waals surface area (Å²) in [4.78, 5) is 11.0. The third kappa shape index (κ3) is 3.64. The molecule has 28 heavy (non-hydrogen) atoms. The predicted molar refractivity (Wildman–Crippen MR) is 102 cm³/mol. The van der Waals surface area contributed by atoms with Crippen LogP contribution in [0.4, 0.5) is 30.1 Å². The van der Waals surface area contributed by atoms with Crippen LogP contribution in [0.15, 0.2) is 6.07 Å². The Labute approximate surface area is 165 Å². The molecule has 3 rings (SSSR count). The molecule has 1 unspecified atom stereocenters. The molecule has 11 heteroatoms. The molecule has 7 nitrogen and oxygen atoms in total. The fourth-order valence-electron chi connectivity index (χ4n) is 3.60. The third-order valence-corrected chi connectivity index (χ3v) is 7.05. The highest BCUT2D eigenvalue weighted by molar-refractivity contribution is 7.15. The molecule has 0 spiro atoms. The molecule has 2 aromatic rings. The molecule has 1 saturated heterocycles. The molecule has 3 heterocycles. The summed E-state index contributed by atoms with van der Waals surface area (Å²) in [6.45, 7) is 9.68. The van der Waals surface area contributed by atoms with E-state index in [1.165, 1.54) is 0 Å². The van der Waals surface area contributed by atoms with Crippen molar-refractivity contribution in [1.82, 2.24) is 25.1 Å². The summed E-state index contributed by atoms with van der Waals surface area (Å²) in [5.74, 6) is 0.484. The van der Waals surface area contributed by atoms with E-state index in [1.807, 2.05) is 0 Å². The number of piperidine rings is 1. The Morgan fingerprint density at radius 3 is 2.50 bits per heavy atom. The standard InChI is InChI=1S/C17H24F3N7S/c1-15(2)9(6-7-27(5)16(15,3)4)10-8-11(21)23-13(22-10)24-14-26-25-12(28-14)17(18,19)20/h8-9H,6-7H2,1-5H3,(H3,21,22,23,24,26). The Morgan fingerprint density at radius 1 is 1.21 bits per heavy atom. The van der Waals surface area contributed by atoms with Crippen LogP contribution >= 0.6 is 11.3 Å². The molecular formula is C17H24F3N7S. The van der Waals surface area contributed by atoms with Gasteiger partial charge in [-0.1, -0.05) is 25.2 Å². The van der Waals surface area contributed by atoms with E-state index in [0.29, 0.717) is 11.3 Å². The average molecular weight is 415 g/mol. The second kappa shape index (κ2) is 6.80. The molecule has 154 valence electrons. The molecule has 3 N–H and O–H groups in total. The van der Waals surface area contributed by atoms with E-state index >= 15 is 0 Å². The van der Waals surface area contributed by atoms with Gasteiger partial charge in [0.15, 0.2) is 0 Å². The Balaban J connectivity index is 1.91. The molecular weight excluding hydrogens is 391 g/mol. The molecule has 1 aliphatic rings. The molecule has 0 radical (unpaired) electrons. The van der Waals surface area contributed by atoms with Gasteiger partial charge in [0.05, 0.1) is 5.69 Å². The number of anilines is 3. The van der Waals surface area contributed by atoms with Crippen molar-refractivity contribution < 1.29 is 13.2 Å². The van der Waals surface area contributed by atoms with Crippen LogP contribution in [0.25, 0.3) is 0 Å². The van der Waals surface area contributed by atoms with Gasteiger partial charge in [-0.3, -0.25) is 5.32 Å². The van der Waals surface area contributed by atoms with Crippen molar-refractivity contribution in [3.05, 3.63) is 16.8 Å². The Morgan fingerprint density at radius 2 is 1.89 bits per heavy atom. The second-order valence-corrected chi connectivity index (χ2v) is 9.10. The normalized spacial score (nSPS) is 22.2. The highest BCUT2D eigenvalue weighted by Gasteiger charge is 2.49. The van der Waals surface area contributed by atoms with Gasteiger partial charge in [-0.25, -0.2) is 4.98 Å². The van der Waals surface area contributed by atoms with E-state index < -0.39 is 11.2 Å². The van der Waals surface area contributed by atoms with Crippen molar-refractivity contribution >= 4 is 28.2 Å². The van der Waals surface area contributed by atoms with Gasteiger partial charge in [-0.15, -0.1) is 10.2 Å². The van der Waals surface area contributed by atoms with Crippen LogP contribution in [-0.4, -0.2) is 44.2 Å². The number of hydrogen-bond acceptors (Lipinski definition) is 8. The maximum Gasteiger partial charge on any atom is 0.445 e. The zero-order chi connectivity index (χ0) is 20.9. The SMILES string of the molecule is CN1CCC(c2cc(N)nc(Nc3nnc(C(F)(F)F)s3)n2)C(C)(C)C1(C)C. The van der Waals surface area contributed by atoms with Gasteiger partial charge >= 0.3 is 6.18 Å². The third-order valence-electron chi connectivity index (χ3n) is 6.16. The van der Waals surface area contributed by atoms with Crippen LogP contribution in [0.3, 0.4) is 0 Å². The highest BCUT2D eigenvalue weighted by Crippen LogP contribution is 2.51. The lowest BCUT2D eigenvalue weighted by Crippen LogP contribution is -2.58. The molecule has 2 aromatic heterocycles. The van der Waals surface area contributed by atoms with Gasteiger partial charge in [0.1, 0.15) is 5.82 Å². The van der Waals surface area contributed by atoms with E-state index in [-0.39, 0.29) is 33.8 Å². The Kier molecular flexibility index (Phi) is 5.03. The fraction of sp³-hybridized carbons (Fsp3) is 0.647. The first kappa shape index (κ1) is 20.7. The minimum Gasteiger partial charge on any atom is -0.384 e. The van der Waals surface area contributed by atoms with Gasteiger partial charge in [0.25, 0.3) is 0 Å². The zero-order valence-corrected chi connectivity index (χ0v) is 17.2. The topological polar surface area (TPSA) is 92.8 Å². The lowest BCUT2D eigenvalue weighted by atomic mass is 9.61. The van der Waals surface area contributed by atoms with E-state index in [0.717, 1.165) is 18.7 Å². The van der Waals surface area contributed by atoms with Crippen LogP contribution in [0.1, 0.15) is 50.7 Å². The summed E-state index contributed by atoms with van der Waals surface area (Å²) in [7, 11) is 2.10. The van der Waals surface area contributed by atoms with E-state index in [9.17, 15) is 13.2 Å². The summed E-state index contributed by atoms with van der Waals surface area (Å²) in [5.41, 5.74) is 6.53. The Hall–Kier alpha value is -2.01. The fourth-order valence-corrected chi connectivity index (χ4v) is 4.21. The van der Waals surface area contributed by atoms with Crippen molar-refractivity contribution in [3.8, 4) is 0 Å². The lowest BCUT2D eigenvalue weighted by Gasteiger charge is -2.56. The van der Waals surface area contributed by atoms with Gasteiger partial charge in [0, 0.05) is 17.5 Å². The quantitative estimate of drug-likeness (QED) is 0.785. The van der Waals surface area contributed by atoms with E-state index in [4.69, 9.17) is 5.73 Å². The second-order valence-electron chi connectivity index (χ2n) is 8.12. The van der Waals surface area contributed by atoms with Gasteiger partial charge < -0.3 is 10.6 Å². The minimum absolute atomic E-state index is 0.0353. The molecule has 0 aromatic carbocycles. The molecule has 0 amide bonds. The molecule has 0 saturated carbocycles. The zero-order valence-electron chi connectivity index (χ0n) is 16.4. The maximum absolute atomic E-state index is 12.7. The maximum atomic E-state index is 12.7.